The van der Waals surface area contributed by atoms with E-state index < -0.39 is 11.9 Å². The molecule has 4 N–H and O–H groups in total. The summed E-state index contributed by atoms with van der Waals surface area (Å²) in [5.41, 5.74) is 3.33. The Morgan fingerprint density at radius 3 is 2.71 bits per heavy atom. The number of nitrogens with zero attached hydrogens (tertiary/aromatic N) is 2. The van der Waals surface area contributed by atoms with E-state index in [4.69, 9.17) is 0 Å². The van der Waals surface area contributed by atoms with Crippen molar-refractivity contribution in [1.82, 2.24) is 25.6 Å². The molecule has 2 aromatic heterocycles. The van der Waals surface area contributed by atoms with Gasteiger partial charge in [-0.15, -0.1) is 0 Å². The second-order valence-electron chi connectivity index (χ2n) is 7.72. The van der Waals surface area contributed by atoms with Crippen molar-refractivity contribution in [2.24, 2.45) is 0 Å². The van der Waals surface area contributed by atoms with Crippen molar-refractivity contribution in [3.8, 4) is 0 Å². The maximum Gasteiger partial charge on any atom is 0.270 e. The summed E-state index contributed by atoms with van der Waals surface area (Å²) >= 11 is 0. The van der Waals surface area contributed by atoms with E-state index in [9.17, 15) is 14.0 Å². The first kappa shape index (κ1) is 20.9. The predicted octanol–water partition coefficient (Wildman–Crippen LogP) is 2.11. The van der Waals surface area contributed by atoms with Gasteiger partial charge in [0.05, 0.1) is 16.7 Å². The Kier molecular flexibility index (Phi) is 5.94. The van der Waals surface area contributed by atoms with E-state index in [0.717, 1.165) is 29.4 Å². The third-order valence-electron chi connectivity index (χ3n) is 5.56. The molecule has 0 atom stereocenters. The van der Waals surface area contributed by atoms with Crippen LogP contribution < -0.4 is 21.5 Å². The Morgan fingerprint density at radius 2 is 2.00 bits per heavy atom. The zero-order chi connectivity index (χ0) is 22.0. The molecule has 1 aliphatic carbocycles. The second kappa shape index (κ2) is 8.81. The molecule has 31 heavy (non-hydrogen) atoms. The third-order valence-corrected chi connectivity index (χ3v) is 5.56. The number of hydrogen-bond acceptors (Lipinski definition) is 6. The normalized spacial score (nSPS) is 17.9. The van der Waals surface area contributed by atoms with Gasteiger partial charge in [-0.25, -0.2) is 9.97 Å². The zero-order valence-electron chi connectivity index (χ0n) is 17.5. The van der Waals surface area contributed by atoms with Gasteiger partial charge in [0.1, 0.15) is 11.4 Å². The van der Waals surface area contributed by atoms with Gasteiger partial charge in [0.15, 0.2) is 0 Å². The van der Waals surface area contributed by atoms with E-state index in [-0.39, 0.29) is 17.3 Å². The molecule has 4 rings (SSSR count). The van der Waals surface area contributed by atoms with Crippen molar-refractivity contribution in [1.29, 1.82) is 0 Å². The minimum atomic E-state index is -0.678. The number of nitrogens with one attached hydrogen (secondary N) is 4. The van der Waals surface area contributed by atoms with Crippen molar-refractivity contribution in [3.63, 3.8) is 0 Å². The van der Waals surface area contributed by atoms with Crippen LogP contribution in [0.2, 0.25) is 0 Å². The Bertz CT molecular complexity index is 1170. The molecule has 1 amide bonds. The van der Waals surface area contributed by atoms with Crippen LogP contribution in [-0.4, -0.2) is 40.0 Å². The van der Waals surface area contributed by atoms with E-state index in [1.54, 1.807) is 6.07 Å². The van der Waals surface area contributed by atoms with Gasteiger partial charge < -0.3 is 20.9 Å². The topological polar surface area (TPSA) is 112 Å². The number of carbonyl (C=O) groups is 1. The van der Waals surface area contributed by atoms with Crippen LogP contribution in [0.1, 0.15) is 41.5 Å². The lowest BCUT2D eigenvalue weighted by atomic mass is 9.86. The van der Waals surface area contributed by atoms with Crippen LogP contribution in [0.15, 0.2) is 35.1 Å². The Balaban J connectivity index is 1.29. The molecule has 162 valence electrons. The van der Waals surface area contributed by atoms with E-state index in [0.29, 0.717) is 30.4 Å². The molecule has 3 aromatic rings. The van der Waals surface area contributed by atoms with Gasteiger partial charge in [-0.3, -0.25) is 9.59 Å². The molecule has 0 saturated heterocycles. The highest BCUT2D eigenvalue weighted by atomic mass is 19.1. The largest absolute Gasteiger partial charge is 0.378 e. The molecule has 0 bridgehead atoms. The Labute approximate surface area is 178 Å². The number of carbonyl (C=O) groups excluding carboxylic acids is 1. The lowest BCUT2D eigenvalue weighted by Gasteiger charge is -2.37. The van der Waals surface area contributed by atoms with Gasteiger partial charge in [-0.2, -0.15) is 4.39 Å². The number of aromatic amines is 1. The summed E-state index contributed by atoms with van der Waals surface area (Å²) < 4.78 is 14.1. The fraction of sp³-hybridized carbons (Fsp3) is 0.364. The monoisotopic (exact) mass is 424 g/mol. The molecule has 9 heteroatoms. The van der Waals surface area contributed by atoms with E-state index >= 15 is 0 Å². The molecule has 0 unspecified atom stereocenters. The number of fused-ring (bicyclic) bond motifs is 1. The fourth-order valence-electron chi connectivity index (χ4n) is 3.70. The quantitative estimate of drug-likeness (QED) is 0.432. The number of aromatic nitrogens is 3. The van der Waals surface area contributed by atoms with Gasteiger partial charge in [0.25, 0.3) is 11.5 Å². The lowest BCUT2D eigenvalue weighted by Crippen LogP contribution is -2.47. The molecule has 0 aliphatic heterocycles. The predicted molar refractivity (Wildman–Crippen MR) is 117 cm³/mol. The van der Waals surface area contributed by atoms with Crippen molar-refractivity contribution in [3.05, 3.63) is 63.6 Å². The number of halogens is 1. The number of benzene rings is 1. The average molecular weight is 424 g/mol. The summed E-state index contributed by atoms with van der Waals surface area (Å²) in [7, 11) is 1.48. The molecule has 1 saturated carbocycles. The smallest absolute Gasteiger partial charge is 0.270 e. The van der Waals surface area contributed by atoms with Gasteiger partial charge in [0.2, 0.25) is 5.95 Å². The number of anilines is 1. The van der Waals surface area contributed by atoms with Crippen LogP contribution in [0.4, 0.5) is 10.1 Å². The molecule has 1 aliphatic rings. The molecule has 0 radical (unpaired) electrons. The Morgan fingerprint density at radius 1 is 1.19 bits per heavy atom. The molecular formula is C22H25FN6O2. The maximum absolute atomic E-state index is 14.1. The van der Waals surface area contributed by atoms with Gasteiger partial charge in [0, 0.05) is 25.7 Å². The standard InChI is InChI=1S/C22H25FN6O2/c1-3-15-22(31)29-19-8-12(4-5-16(19)27-15)11-25-13-9-14(10-13)26-17-6-7-18(21(30)24-2)28-20(17)23/h4-8,13-14,25-26H,3,9-11H2,1-2H3,(H,24,30)(H,29,31). The molecule has 1 aromatic carbocycles. The number of amides is 1. The molecule has 2 heterocycles. The first-order chi connectivity index (χ1) is 15.0. The number of aryl methyl sites for hydroxylation is 1. The summed E-state index contributed by atoms with van der Waals surface area (Å²) in [6, 6.07) is 9.37. The van der Waals surface area contributed by atoms with E-state index in [2.05, 4.69) is 30.9 Å². The average Bonchev–Trinajstić information content (AvgIpc) is 2.74. The highest BCUT2D eigenvalue weighted by molar-refractivity contribution is 5.92. The van der Waals surface area contributed by atoms with Crippen LogP contribution in [0.5, 0.6) is 0 Å². The van der Waals surface area contributed by atoms with E-state index in [1.165, 1.54) is 13.1 Å². The molecule has 0 spiro atoms. The van der Waals surface area contributed by atoms with Crippen molar-refractivity contribution in [2.45, 2.75) is 44.8 Å². The number of hydrogen-bond donors (Lipinski definition) is 4. The van der Waals surface area contributed by atoms with Crippen LogP contribution in [0.25, 0.3) is 11.0 Å². The third kappa shape index (κ3) is 4.56. The van der Waals surface area contributed by atoms with Crippen LogP contribution in [0, 0.1) is 5.95 Å². The first-order valence-corrected chi connectivity index (χ1v) is 10.4. The first-order valence-electron chi connectivity index (χ1n) is 10.4. The van der Waals surface area contributed by atoms with Crippen molar-refractivity contribution < 1.29 is 9.18 Å². The van der Waals surface area contributed by atoms with Gasteiger partial charge >= 0.3 is 0 Å². The molecule has 1 fully saturated rings. The highest BCUT2D eigenvalue weighted by Crippen LogP contribution is 2.26. The SMILES string of the molecule is CCc1nc2ccc(CNC3CC(Nc4ccc(C(=O)NC)nc4F)C3)cc2[nH]c1=O. The summed E-state index contributed by atoms with van der Waals surface area (Å²) in [5, 5.41) is 9.05. The molecular weight excluding hydrogens is 399 g/mol. The molecule has 8 nitrogen and oxygen atoms in total. The Hall–Kier alpha value is -3.33. The van der Waals surface area contributed by atoms with Crippen molar-refractivity contribution >= 4 is 22.6 Å². The number of H-pyrrole nitrogens is 1. The zero-order valence-corrected chi connectivity index (χ0v) is 17.5. The van der Waals surface area contributed by atoms with Crippen LogP contribution >= 0.6 is 0 Å². The fourth-order valence-corrected chi connectivity index (χ4v) is 3.70. The van der Waals surface area contributed by atoms with E-state index in [1.807, 2.05) is 25.1 Å². The summed E-state index contributed by atoms with van der Waals surface area (Å²) in [5.74, 6) is -1.10. The minimum absolute atomic E-state index is 0.0524. The summed E-state index contributed by atoms with van der Waals surface area (Å²) in [4.78, 5) is 34.5. The summed E-state index contributed by atoms with van der Waals surface area (Å²) in [6.07, 6.45) is 2.30. The maximum atomic E-state index is 14.1. The second-order valence-corrected chi connectivity index (χ2v) is 7.72. The van der Waals surface area contributed by atoms with Crippen LogP contribution in [-0.2, 0) is 13.0 Å². The minimum Gasteiger partial charge on any atom is -0.378 e. The highest BCUT2D eigenvalue weighted by Gasteiger charge is 2.29. The van der Waals surface area contributed by atoms with Gasteiger partial charge in [-0.1, -0.05) is 13.0 Å². The lowest BCUT2D eigenvalue weighted by molar-refractivity contribution is 0.0957. The van der Waals surface area contributed by atoms with Crippen LogP contribution in [0.3, 0.4) is 0 Å². The summed E-state index contributed by atoms with van der Waals surface area (Å²) in [6.45, 7) is 2.58. The number of pyridine rings is 1. The van der Waals surface area contributed by atoms with Gasteiger partial charge in [-0.05, 0) is 49.1 Å². The van der Waals surface area contributed by atoms with Crippen molar-refractivity contribution in [2.75, 3.05) is 12.4 Å². The number of rotatable bonds is 7.